The molecule has 1 aromatic carbocycles. The number of rotatable bonds is 6. The van der Waals surface area contributed by atoms with Crippen LogP contribution in [0.4, 0.5) is 10.1 Å². The van der Waals surface area contributed by atoms with Gasteiger partial charge in [0.25, 0.3) is 0 Å². The standard InChI is InChI=1S/C16H21FN6O/c1-12-19-20-21-23(12)9-7-16(24)18-10-13-6-8-22(11-13)15-4-2-14(17)3-5-15/h2-5,13H,6-11H2,1H3,(H,18,24)/t13-/m1/s1. The molecule has 0 aliphatic carbocycles. The summed E-state index contributed by atoms with van der Waals surface area (Å²) < 4.78 is 14.6. The van der Waals surface area contributed by atoms with Gasteiger partial charge >= 0.3 is 0 Å². The van der Waals surface area contributed by atoms with E-state index in [1.165, 1.54) is 12.1 Å². The smallest absolute Gasteiger partial charge is 0.221 e. The molecule has 2 aromatic rings. The molecule has 1 amide bonds. The van der Waals surface area contributed by atoms with Crippen molar-refractivity contribution in [3.63, 3.8) is 0 Å². The van der Waals surface area contributed by atoms with Gasteiger partial charge in [-0.1, -0.05) is 0 Å². The van der Waals surface area contributed by atoms with Gasteiger partial charge in [-0.15, -0.1) is 5.10 Å². The van der Waals surface area contributed by atoms with Gasteiger partial charge in [-0.2, -0.15) is 0 Å². The maximum atomic E-state index is 13.0. The van der Waals surface area contributed by atoms with E-state index in [4.69, 9.17) is 0 Å². The second-order valence-electron chi connectivity index (χ2n) is 6.08. The molecule has 2 heterocycles. The quantitative estimate of drug-likeness (QED) is 0.859. The zero-order chi connectivity index (χ0) is 16.9. The van der Waals surface area contributed by atoms with Gasteiger partial charge in [0.05, 0.1) is 6.54 Å². The molecule has 1 saturated heterocycles. The number of nitrogens with zero attached hydrogens (tertiary/aromatic N) is 5. The SMILES string of the molecule is Cc1nnnn1CCC(=O)NC[C@H]1CCN(c2ccc(F)cc2)C1. The van der Waals surface area contributed by atoms with Crippen LogP contribution in [0.25, 0.3) is 0 Å². The molecule has 7 nitrogen and oxygen atoms in total. The van der Waals surface area contributed by atoms with Crippen molar-refractivity contribution in [2.75, 3.05) is 24.5 Å². The molecule has 1 aliphatic rings. The van der Waals surface area contributed by atoms with Crippen LogP contribution in [0.3, 0.4) is 0 Å². The number of carbonyl (C=O) groups excluding carboxylic acids is 1. The predicted octanol–water partition coefficient (Wildman–Crippen LogP) is 1.15. The van der Waals surface area contributed by atoms with Crippen molar-refractivity contribution in [3.05, 3.63) is 35.9 Å². The first-order chi connectivity index (χ1) is 11.6. The Balaban J connectivity index is 1.40. The van der Waals surface area contributed by atoms with Crippen molar-refractivity contribution < 1.29 is 9.18 Å². The van der Waals surface area contributed by atoms with E-state index in [9.17, 15) is 9.18 Å². The Morgan fingerprint density at radius 3 is 2.88 bits per heavy atom. The predicted molar refractivity (Wildman–Crippen MR) is 86.9 cm³/mol. The maximum Gasteiger partial charge on any atom is 0.221 e. The largest absolute Gasteiger partial charge is 0.371 e. The lowest BCUT2D eigenvalue weighted by Crippen LogP contribution is -2.31. The summed E-state index contributed by atoms with van der Waals surface area (Å²) in [5, 5.41) is 14.1. The monoisotopic (exact) mass is 332 g/mol. The third kappa shape index (κ3) is 4.06. The molecule has 0 unspecified atom stereocenters. The van der Waals surface area contributed by atoms with Crippen molar-refractivity contribution in [1.29, 1.82) is 0 Å². The molecule has 1 N–H and O–H groups in total. The fourth-order valence-electron chi connectivity index (χ4n) is 2.90. The minimum Gasteiger partial charge on any atom is -0.371 e. The van der Waals surface area contributed by atoms with E-state index in [1.807, 2.05) is 0 Å². The number of halogens is 1. The van der Waals surface area contributed by atoms with E-state index in [0.29, 0.717) is 31.3 Å². The average molecular weight is 332 g/mol. The van der Waals surface area contributed by atoms with Crippen molar-refractivity contribution in [1.82, 2.24) is 25.5 Å². The molecule has 128 valence electrons. The second kappa shape index (κ2) is 7.37. The van der Waals surface area contributed by atoms with Crippen LogP contribution in [0.15, 0.2) is 24.3 Å². The molecule has 24 heavy (non-hydrogen) atoms. The molecule has 0 bridgehead atoms. The van der Waals surface area contributed by atoms with E-state index in [2.05, 4.69) is 25.7 Å². The molecule has 1 aliphatic heterocycles. The van der Waals surface area contributed by atoms with Gasteiger partial charge in [0, 0.05) is 31.7 Å². The number of amides is 1. The highest BCUT2D eigenvalue weighted by Crippen LogP contribution is 2.23. The maximum absolute atomic E-state index is 13.0. The second-order valence-corrected chi connectivity index (χ2v) is 6.08. The number of hydrogen-bond acceptors (Lipinski definition) is 5. The Labute approximate surface area is 139 Å². The van der Waals surface area contributed by atoms with Crippen molar-refractivity contribution in [2.24, 2.45) is 5.92 Å². The Morgan fingerprint density at radius 1 is 1.38 bits per heavy atom. The molecular weight excluding hydrogens is 311 g/mol. The minimum atomic E-state index is -0.223. The summed E-state index contributed by atoms with van der Waals surface area (Å²) in [6, 6.07) is 6.55. The summed E-state index contributed by atoms with van der Waals surface area (Å²) in [6.45, 7) is 4.75. The fraction of sp³-hybridized carbons (Fsp3) is 0.500. The van der Waals surface area contributed by atoms with Crippen molar-refractivity contribution in [2.45, 2.75) is 26.3 Å². The van der Waals surface area contributed by atoms with Gasteiger partial charge in [-0.05, 0) is 54.0 Å². The number of benzene rings is 1. The molecular formula is C16H21FN6O. The van der Waals surface area contributed by atoms with Crippen molar-refractivity contribution in [3.8, 4) is 0 Å². The van der Waals surface area contributed by atoms with Gasteiger partial charge in [0.15, 0.2) is 0 Å². The number of aromatic nitrogens is 4. The molecule has 3 rings (SSSR count). The summed E-state index contributed by atoms with van der Waals surface area (Å²) in [5.41, 5.74) is 1.03. The zero-order valence-corrected chi connectivity index (χ0v) is 13.7. The molecule has 0 saturated carbocycles. The average Bonchev–Trinajstić information content (AvgIpc) is 3.21. The lowest BCUT2D eigenvalue weighted by Gasteiger charge is -2.18. The Morgan fingerprint density at radius 2 is 2.17 bits per heavy atom. The van der Waals surface area contributed by atoms with E-state index in [-0.39, 0.29) is 11.7 Å². The first-order valence-corrected chi connectivity index (χ1v) is 8.12. The number of anilines is 1. The Hall–Kier alpha value is -2.51. The Bertz CT molecular complexity index is 686. The Kier molecular flexibility index (Phi) is 5.02. The van der Waals surface area contributed by atoms with E-state index < -0.39 is 0 Å². The van der Waals surface area contributed by atoms with Gasteiger partial charge in [0.2, 0.25) is 5.91 Å². The fourth-order valence-corrected chi connectivity index (χ4v) is 2.90. The van der Waals surface area contributed by atoms with Crippen molar-refractivity contribution >= 4 is 11.6 Å². The van der Waals surface area contributed by atoms with Gasteiger partial charge in [-0.25, -0.2) is 9.07 Å². The summed E-state index contributed by atoms with van der Waals surface area (Å²) in [4.78, 5) is 14.2. The van der Waals surface area contributed by atoms with Crippen LogP contribution in [0.1, 0.15) is 18.7 Å². The first kappa shape index (κ1) is 16.4. The first-order valence-electron chi connectivity index (χ1n) is 8.12. The zero-order valence-electron chi connectivity index (χ0n) is 13.7. The number of tetrazole rings is 1. The molecule has 0 spiro atoms. The van der Waals surface area contributed by atoms with Crippen LogP contribution < -0.4 is 10.2 Å². The third-order valence-corrected chi connectivity index (χ3v) is 4.33. The van der Waals surface area contributed by atoms with Crippen LogP contribution in [-0.4, -0.2) is 45.7 Å². The molecule has 8 heteroatoms. The minimum absolute atomic E-state index is 0.00475. The van der Waals surface area contributed by atoms with Gasteiger partial charge in [0.1, 0.15) is 11.6 Å². The van der Waals surface area contributed by atoms with Gasteiger partial charge < -0.3 is 10.2 Å². The normalized spacial score (nSPS) is 17.2. The molecule has 0 radical (unpaired) electrons. The summed E-state index contributed by atoms with van der Waals surface area (Å²) in [7, 11) is 0. The van der Waals surface area contributed by atoms with Crippen LogP contribution >= 0.6 is 0 Å². The molecule has 1 aromatic heterocycles. The van der Waals surface area contributed by atoms with Gasteiger partial charge in [-0.3, -0.25) is 4.79 Å². The molecule has 1 fully saturated rings. The lowest BCUT2D eigenvalue weighted by molar-refractivity contribution is -0.121. The summed E-state index contributed by atoms with van der Waals surface area (Å²) >= 11 is 0. The lowest BCUT2D eigenvalue weighted by atomic mass is 10.1. The molecule has 1 atom stereocenters. The highest BCUT2D eigenvalue weighted by molar-refractivity contribution is 5.75. The van der Waals surface area contributed by atoms with Crippen LogP contribution in [0.5, 0.6) is 0 Å². The summed E-state index contributed by atoms with van der Waals surface area (Å²) in [6.07, 6.45) is 1.38. The van der Waals surface area contributed by atoms with E-state index in [1.54, 1.807) is 23.7 Å². The highest BCUT2D eigenvalue weighted by Gasteiger charge is 2.23. The number of aryl methyl sites for hydroxylation is 2. The third-order valence-electron chi connectivity index (χ3n) is 4.33. The number of hydrogen-bond donors (Lipinski definition) is 1. The van der Waals surface area contributed by atoms with E-state index >= 15 is 0 Å². The number of carbonyl (C=O) groups is 1. The van der Waals surface area contributed by atoms with Crippen LogP contribution in [0, 0.1) is 18.7 Å². The highest BCUT2D eigenvalue weighted by atomic mass is 19.1. The van der Waals surface area contributed by atoms with Crippen LogP contribution in [-0.2, 0) is 11.3 Å². The van der Waals surface area contributed by atoms with E-state index in [0.717, 1.165) is 25.2 Å². The van der Waals surface area contributed by atoms with Crippen LogP contribution in [0.2, 0.25) is 0 Å². The number of nitrogens with one attached hydrogen (secondary N) is 1. The summed E-state index contributed by atoms with van der Waals surface area (Å²) in [5.74, 6) is 0.895. The topological polar surface area (TPSA) is 75.9 Å².